The molecular weight excluding hydrogens is 459 g/mol. The third-order valence-corrected chi connectivity index (χ3v) is 5.95. The van der Waals surface area contributed by atoms with Crippen LogP contribution in [-0.2, 0) is 6.54 Å². The highest BCUT2D eigenvalue weighted by molar-refractivity contribution is 5.69. The molecule has 1 aliphatic rings. The molecule has 7 nitrogen and oxygen atoms in total. The first kappa shape index (κ1) is 22.9. The summed E-state index contributed by atoms with van der Waals surface area (Å²) >= 11 is 0. The minimum absolute atomic E-state index is 0.193. The molecule has 2 atom stereocenters. The summed E-state index contributed by atoms with van der Waals surface area (Å²) in [6.07, 6.45) is 6.54. The van der Waals surface area contributed by atoms with Gasteiger partial charge in [0.05, 0.1) is 37.5 Å². The Bertz CT molecular complexity index is 1410. The summed E-state index contributed by atoms with van der Waals surface area (Å²) in [5.41, 5.74) is 2.77. The SMILES string of the molecule is COc1cc(C=Cc2nc3n(n2)C[C@H](O)C[C@@H]3c2cc(F)c(F)c(F)c2)ccc1-n1cnc(C)c1. The minimum Gasteiger partial charge on any atom is -0.495 e. The fraction of sp³-hybridized carbons (Fsp3) is 0.240. The van der Waals surface area contributed by atoms with Gasteiger partial charge in [-0.3, -0.25) is 0 Å². The summed E-state index contributed by atoms with van der Waals surface area (Å²) in [6.45, 7) is 2.11. The van der Waals surface area contributed by atoms with Crippen LogP contribution in [0.4, 0.5) is 13.2 Å². The van der Waals surface area contributed by atoms with Gasteiger partial charge in [0.2, 0.25) is 0 Å². The molecule has 0 saturated heterocycles. The van der Waals surface area contributed by atoms with Crippen molar-refractivity contribution < 1.29 is 23.0 Å². The number of imidazole rings is 1. The predicted octanol–water partition coefficient (Wildman–Crippen LogP) is 4.27. The van der Waals surface area contributed by atoms with Crippen molar-refractivity contribution in [2.45, 2.75) is 31.9 Å². The Morgan fingerprint density at radius 3 is 2.57 bits per heavy atom. The molecule has 3 heterocycles. The molecule has 4 aromatic rings. The molecular formula is C25H22F3N5O2. The van der Waals surface area contributed by atoms with Crippen molar-refractivity contribution in [2.75, 3.05) is 7.11 Å². The Labute approximate surface area is 199 Å². The topological polar surface area (TPSA) is 78.0 Å². The Hall–Kier alpha value is -3.92. The maximum Gasteiger partial charge on any atom is 0.194 e. The maximum atomic E-state index is 13.8. The molecule has 0 spiro atoms. The van der Waals surface area contributed by atoms with Crippen molar-refractivity contribution in [1.82, 2.24) is 24.3 Å². The standard InChI is InChI=1S/C25H22F3N5O2/c1-14-11-32(13-29-14)21-5-3-15(7-22(21)35-2)4-6-23-30-25-18(10-17(34)12-33(25)31-23)16-8-19(26)24(28)20(27)9-16/h3-9,11,13,17-18,34H,10,12H2,1-2H3/t17-,18-/m1/s1. The lowest BCUT2D eigenvalue weighted by Crippen LogP contribution is -2.29. The molecule has 0 unspecified atom stereocenters. The Morgan fingerprint density at radius 2 is 1.89 bits per heavy atom. The number of aryl methyl sites for hydroxylation is 1. The number of rotatable bonds is 5. The minimum atomic E-state index is -1.53. The summed E-state index contributed by atoms with van der Waals surface area (Å²) in [5, 5.41) is 14.7. The van der Waals surface area contributed by atoms with Gasteiger partial charge in [0.15, 0.2) is 23.3 Å². The number of nitrogens with zero attached hydrogens (tertiary/aromatic N) is 5. The predicted molar refractivity (Wildman–Crippen MR) is 123 cm³/mol. The summed E-state index contributed by atoms with van der Waals surface area (Å²) in [6, 6.07) is 7.57. The fourth-order valence-electron chi connectivity index (χ4n) is 4.28. The van der Waals surface area contributed by atoms with Gasteiger partial charge < -0.3 is 14.4 Å². The van der Waals surface area contributed by atoms with Crippen LogP contribution in [0, 0.1) is 24.4 Å². The summed E-state index contributed by atoms with van der Waals surface area (Å²) in [7, 11) is 1.59. The van der Waals surface area contributed by atoms with Crippen molar-refractivity contribution >= 4 is 12.2 Å². The van der Waals surface area contributed by atoms with E-state index < -0.39 is 29.5 Å². The van der Waals surface area contributed by atoms with Crippen LogP contribution in [-0.4, -0.2) is 42.6 Å². The van der Waals surface area contributed by atoms with Crippen LogP contribution < -0.4 is 4.74 Å². The number of halogens is 3. The van der Waals surface area contributed by atoms with E-state index in [-0.39, 0.29) is 18.5 Å². The van der Waals surface area contributed by atoms with Crippen LogP contribution in [0.15, 0.2) is 42.9 Å². The highest BCUT2D eigenvalue weighted by atomic mass is 19.2. The second-order valence-electron chi connectivity index (χ2n) is 8.44. The number of aromatic nitrogens is 5. The zero-order valence-corrected chi connectivity index (χ0v) is 19.0. The van der Waals surface area contributed by atoms with Crippen molar-refractivity contribution in [3.63, 3.8) is 0 Å². The third kappa shape index (κ3) is 4.44. The van der Waals surface area contributed by atoms with Crippen molar-refractivity contribution in [3.8, 4) is 11.4 Å². The molecule has 180 valence electrons. The van der Waals surface area contributed by atoms with Crippen molar-refractivity contribution in [2.24, 2.45) is 0 Å². The van der Waals surface area contributed by atoms with E-state index in [1.807, 2.05) is 42.0 Å². The number of hydrogen-bond acceptors (Lipinski definition) is 5. The summed E-state index contributed by atoms with van der Waals surface area (Å²) in [4.78, 5) is 8.76. The van der Waals surface area contributed by atoms with Crippen LogP contribution in [0.1, 0.15) is 40.8 Å². The third-order valence-electron chi connectivity index (χ3n) is 5.95. The average Bonchev–Trinajstić information content (AvgIpc) is 3.45. The van der Waals surface area contributed by atoms with Crippen LogP contribution in [0.5, 0.6) is 5.75 Å². The number of aliphatic hydroxyl groups excluding tert-OH is 1. The number of benzene rings is 2. The molecule has 2 aromatic heterocycles. The largest absolute Gasteiger partial charge is 0.495 e. The second kappa shape index (κ2) is 9.03. The first-order valence-corrected chi connectivity index (χ1v) is 11.0. The molecule has 5 rings (SSSR count). The van der Waals surface area contributed by atoms with Gasteiger partial charge in [-0.1, -0.05) is 12.1 Å². The van der Waals surface area contributed by atoms with Gasteiger partial charge >= 0.3 is 0 Å². The average molecular weight is 481 g/mol. The zero-order valence-electron chi connectivity index (χ0n) is 19.0. The second-order valence-corrected chi connectivity index (χ2v) is 8.44. The van der Waals surface area contributed by atoms with Crippen LogP contribution in [0.25, 0.3) is 17.8 Å². The molecule has 1 aliphatic heterocycles. The molecule has 35 heavy (non-hydrogen) atoms. The molecule has 0 bridgehead atoms. The van der Waals surface area contributed by atoms with E-state index in [1.165, 1.54) is 4.68 Å². The van der Waals surface area contributed by atoms with Gasteiger partial charge in [-0.25, -0.2) is 27.8 Å². The number of ether oxygens (including phenoxy) is 1. The first-order chi connectivity index (χ1) is 16.8. The summed E-state index contributed by atoms with van der Waals surface area (Å²) in [5.74, 6) is -3.25. The van der Waals surface area contributed by atoms with E-state index in [0.717, 1.165) is 29.1 Å². The van der Waals surface area contributed by atoms with E-state index in [9.17, 15) is 18.3 Å². The number of hydrogen-bond donors (Lipinski definition) is 1. The molecule has 0 fully saturated rings. The molecule has 0 aliphatic carbocycles. The monoisotopic (exact) mass is 481 g/mol. The van der Waals surface area contributed by atoms with E-state index in [1.54, 1.807) is 19.5 Å². The molecule has 10 heteroatoms. The van der Waals surface area contributed by atoms with Crippen LogP contribution >= 0.6 is 0 Å². The number of methoxy groups -OCH3 is 1. The van der Waals surface area contributed by atoms with Crippen LogP contribution in [0.2, 0.25) is 0 Å². The maximum absolute atomic E-state index is 13.8. The zero-order chi connectivity index (χ0) is 24.7. The van der Waals surface area contributed by atoms with Gasteiger partial charge in [-0.05, 0) is 54.8 Å². The first-order valence-electron chi connectivity index (χ1n) is 11.0. The van der Waals surface area contributed by atoms with E-state index >= 15 is 0 Å². The van der Waals surface area contributed by atoms with Crippen molar-refractivity contribution in [3.05, 3.63) is 88.8 Å². The molecule has 0 amide bonds. The molecule has 1 N–H and O–H groups in total. The van der Waals surface area contributed by atoms with E-state index in [4.69, 9.17) is 4.74 Å². The van der Waals surface area contributed by atoms with Crippen LogP contribution in [0.3, 0.4) is 0 Å². The van der Waals surface area contributed by atoms with Gasteiger partial charge in [-0.2, -0.15) is 5.10 Å². The smallest absolute Gasteiger partial charge is 0.194 e. The highest BCUT2D eigenvalue weighted by Crippen LogP contribution is 2.34. The lowest BCUT2D eigenvalue weighted by atomic mass is 9.89. The van der Waals surface area contributed by atoms with Crippen molar-refractivity contribution in [1.29, 1.82) is 0 Å². The van der Waals surface area contributed by atoms with Gasteiger partial charge in [-0.15, -0.1) is 0 Å². The Morgan fingerprint density at radius 1 is 1.11 bits per heavy atom. The quantitative estimate of drug-likeness (QED) is 0.431. The normalized spacial score (nSPS) is 17.7. The lowest BCUT2D eigenvalue weighted by molar-refractivity contribution is 0.117. The Balaban J connectivity index is 1.44. The fourth-order valence-corrected chi connectivity index (χ4v) is 4.28. The lowest BCUT2D eigenvalue weighted by Gasteiger charge is -2.26. The summed E-state index contributed by atoms with van der Waals surface area (Å²) < 4.78 is 50.0. The molecule has 0 saturated carbocycles. The van der Waals surface area contributed by atoms with E-state index in [0.29, 0.717) is 17.4 Å². The van der Waals surface area contributed by atoms with Gasteiger partial charge in [0.25, 0.3) is 0 Å². The number of aliphatic hydroxyl groups is 1. The molecule has 2 aromatic carbocycles. The molecule has 0 radical (unpaired) electrons. The number of fused-ring (bicyclic) bond motifs is 1. The van der Waals surface area contributed by atoms with Gasteiger partial charge in [0, 0.05) is 12.1 Å². The van der Waals surface area contributed by atoms with E-state index in [2.05, 4.69) is 15.1 Å². The van der Waals surface area contributed by atoms with Gasteiger partial charge in [0.1, 0.15) is 11.6 Å². The highest BCUT2D eigenvalue weighted by Gasteiger charge is 2.31. The Kier molecular flexibility index (Phi) is 5.89.